The molecule has 0 aliphatic rings. The topological polar surface area (TPSA) is 96.9 Å². The minimum atomic E-state index is -0.974. The second kappa shape index (κ2) is 10.6. The van der Waals surface area contributed by atoms with Crippen molar-refractivity contribution in [2.45, 2.75) is 6.92 Å². The predicted molar refractivity (Wildman–Crippen MR) is 123 cm³/mol. The molecule has 0 saturated carbocycles. The van der Waals surface area contributed by atoms with E-state index in [1.165, 1.54) is 12.1 Å². The van der Waals surface area contributed by atoms with Gasteiger partial charge in [0.1, 0.15) is 5.75 Å². The third-order valence-corrected chi connectivity index (χ3v) is 4.62. The number of carbonyl (C=O) groups excluding carboxylic acids is 3. The Morgan fingerprint density at radius 2 is 1.53 bits per heavy atom. The maximum Gasteiger partial charge on any atom is 0.343 e. The third kappa shape index (κ3) is 6.16. The van der Waals surface area contributed by atoms with Crippen LogP contribution in [0, 0.1) is 0 Å². The van der Waals surface area contributed by atoms with Crippen LogP contribution in [-0.4, -0.2) is 23.5 Å². The van der Waals surface area contributed by atoms with Gasteiger partial charge < -0.3 is 10.1 Å². The largest absolute Gasteiger partial charge is 0.422 e. The molecule has 32 heavy (non-hydrogen) atoms. The lowest BCUT2D eigenvalue weighted by atomic mass is 10.1. The van der Waals surface area contributed by atoms with Crippen molar-refractivity contribution < 1.29 is 19.1 Å². The van der Waals surface area contributed by atoms with Crippen molar-refractivity contribution >= 4 is 52.4 Å². The predicted octanol–water partition coefficient (Wildman–Crippen LogP) is 4.69. The average Bonchev–Trinajstić information content (AvgIpc) is 2.77. The number of para-hydroxylation sites is 1. The first-order chi connectivity index (χ1) is 15.3. The molecule has 3 aromatic carbocycles. The highest BCUT2D eigenvalue weighted by Crippen LogP contribution is 2.21. The van der Waals surface area contributed by atoms with E-state index < -0.39 is 17.8 Å². The summed E-state index contributed by atoms with van der Waals surface area (Å²) in [5.41, 5.74) is 3.62. The molecule has 0 atom stereocenters. The van der Waals surface area contributed by atoms with E-state index in [-0.39, 0.29) is 11.3 Å². The van der Waals surface area contributed by atoms with Crippen molar-refractivity contribution in [3.05, 3.63) is 94.0 Å². The molecule has 3 aromatic rings. The first-order valence-corrected chi connectivity index (χ1v) is 10.1. The minimum Gasteiger partial charge on any atom is -0.422 e. The first kappa shape index (κ1) is 23.0. The maximum absolute atomic E-state index is 12.4. The van der Waals surface area contributed by atoms with E-state index >= 15 is 0 Å². The lowest BCUT2D eigenvalue weighted by molar-refractivity contribution is -0.136. The van der Waals surface area contributed by atoms with Crippen LogP contribution in [0.25, 0.3) is 0 Å². The number of amides is 2. The zero-order valence-corrected chi connectivity index (χ0v) is 18.3. The number of benzene rings is 3. The fourth-order valence-corrected chi connectivity index (χ4v) is 3.01. The molecular formula is C23H17Cl2N3O4. The summed E-state index contributed by atoms with van der Waals surface area (Å²) < 4.78 is 5.47. The molecule has 9 heteroatoms. The van der Waals surface area contributed by atoms with Gasteiger partial charge in [-0.15, -0.1) is 0 Å². The van der Waals surface area contributed by atoms with Crippen LogP contribution in [0.1, 0.15) is 22.8 Å². The summed E-state index contributed by atoms with van der Waals surface area (Å²) in [6.45, 7) is 1.60. The summed E-state index contributed by atoms with van der Waals surface area (Å²) in [4.78, 5) is 36.6. The highest BCUT2D eigenvalue weighted by atomic mass is 35.5. The Labute approximate surface area is 194 Å². The van der Waals surface area contributed by atoms with Crippen LogP contribution in [0.15, 0.2) is 77.9 Å². The SMILES string of the molecule is C/C(=N\NC(=O)C(=O)Nc1cccc(Cl)c1)c1ccccc1OC(=O)c1cccc(Cl)c1. The number of esters is 1. The fraction of sp³-hybridized carbons (Fsp3) is 0.0435. The van der Waals surface area contributed by atoms with E-state index in [1.807, 2.05) is 0 Å². The molecule has 7 nitrogen and oxygen atoms in total. The Balaban J connectivity index is 1.69. The number of carbonyl (C=O) groups is 3. The van der Waals surface area contributed by atoms with E-state index in [1.54, 1.807) is 67.6 Å². The van der Waals surface area contributed by atoms with E-state index in [9.17, 15) is 14.4 Å². The molecule has 0 radical (unpaired) electrons. The molecule has 2 amide bonds. The monoisotopic (exact) mass is 469 g/mol. The van der Waals surface area contributed by atoms with Crippen molar-refractivity contribution in [2.75, 3.05) is 5.32 Å². The van der Waals surface area contributed by atoms with E-state index in [4.69, 9.17) is 27.9 Å². The van der Waals surface area contributed by atoms with Gasteiger partial charge >= 0.3 is 17.8 Å². The number of hydrazone groups is 1. The summed E-state index contributed by atoms with van der Waals surface area (Å²) in [6.07, 6.45) is 0. The number of nitrogens with zero attached hydrogens (tertiary/aromatic N) is 1. The molecule has 162 valence electrons. The van der Waals surface area contributed by atoms with Crippen LogP contribution < -0.4 is 15.5 Å². The molecule has 0 saturated heterocycles. The Morgan fingerprint density at radius 1 is 0.844 bits per heavy atom. The molecule has 0 aromatic heterocycles. The number of anilines is 1. The lowest BCUT2D eigenvalue weighted by Gasteiger charge is -2.10. The van der Waals surface area contributed by atoms with Crippen LogP contribution in [0.2, 0.25) is 10.0 Å². The van der Waals surface area contributed by atoms with E-state index in [2.05, 4.69) is 15.8 Å². The van der Waals surface area contributed by atoms with Gasteiger partial charge in [-0.1, -0.05) is 47.5 Å². The normalized spacial score (nSPS) is 10.9. The Morgan fingerprint density at radius 3 is 2.25 bits per heavy atom. The van der Waals surface area contributed by atoms with Gasteiger partial charge in [-0.05, 0) is 55.5 Å². The van der Waals surface area contributed by atoms with Crippen molar-refractivity contribution in [1.82, 2.24) is 5.43 Å². The van der Waals surface area contributed by atoms with Gasteiger partial charge in [-0.25, -0.2) is 10.2 Å². The molecule has 0 aliphatic heterocycles. The Kier molecular flexibility index (Phi) is 7.59. The summed E-state index contributed by atoms with van der Waals surface area (Å²) in [5, 5.41) is 7.19. The van der Waals surface area contributed by atoms with Crippen LogP contribution in [-0.2, 0) is 9.59 Å². The van der Waals surface area contributed by atoms with Gasteiger partial charge in [-0.3, -0.25) is 9.59 Å². The van der Waals surface area contributed by atoms with E-state index in [0.29, 0.717) is 27.0 Å². The quantitative estimate of drug-likeness (QED) is 0.186. The summed E-state index contributed by atoms with van der Waals surface area (Å²) in [5.74, 6) is -2.25. The van der Waals surface area contributed by atoms with Gasteiger partial charge in [-0.2, -0.15) is 5.10 Å². The standard InChI is InChI=1S/C23H17Cl2N3O4/c1-14(27-28-22(30)21(29)26-18-9-5-8-17(25)13-18)19-10-2-3-11-20(19)32-23(31)15-6-4-7-16(24)12-15/h2-13H,1H3,(H,26,29)(H,28,30)/b27-14+. The molecule has 3 rings (SSSR count). The van der Waals surface area contributed by atoms with Crippen LogP contribution >= 0.6 is 23.2 Å². The first-order valence-electron chi connectivity index (χ1n) is 9.32. The van der Waals surface area contributed by atoms with Crippen molar-refractivity contribution in [1.29, 1.82) is 0 Å². The number of nitrogens with one attached hydrogen (secondary N) is 2. The van der Waals surface area contributed by atoms with E-state index in [0.717, 1.165) is 0 Å². The lowest BCUT2D eigenvalue weighted by Crippen LogP contribution is -2.33. The number of ether oxygens (including phenoxy) is 1. The zero-order valence-electron chi connectivity index (χ0n) is 16.8. The Bertz CT molecular complexity index is 1210. The van der Waals surface area contributed by atoms with Gasteiger partial charge in [0.05, 0.1) is 11.3 Å². The number of halogens is 2. The number of rotatable bonds is 5. The van der Waals surface area contributed by atoms with Crippen LogP contribution in [0.4, 0.5) is 5.69 Å². The highest BCUT2D eigenvalue weighted by Gasteiger charge is 2.16. The van der Waals surface area contributed by atoms with Crippen LogP contribution in [0.5, 0.6) is 5.75 Å². The molecule has 0 aliphatic carbocycles. The third-order valence-electron chi connectivity index (χ3n) is 4.15. The maximum atomic E-state index is 12.4. The molecular weight excluding hydrogens is 453 g/mol. The fourth-order valence-electron chi connectivity index (χ4n) is 2.63. The molecule has 0 heterocycles. The summed E-state index contributed by atoms with van der Waals surface area (Å²) in [6, 6.07) is 19.4. The second-order valence-corrected chi connectivity index (χ2v) is 7.37. The minimum absolute atomic E-state index is 0.233. The second-order valence-electron chi connectivity index (χ2n) is 6.50. The molecule has 0 bridgehead atoms. The zero-order chi connectivity index (χ0) is 23.1. The van der Waals surface area contributed by atoms with Crippen molar-refractivity contribution in [3.63, 3.8) is 0 Å². The van der Waals surface area contributed by atoms with Gasteiger partial charge in [0, 0.05) is 21.3 Å². The Hall–Kier alpha value is -3.68. The average molecular weight is 470 g/mol. The van der Waals surface area contributed by atoms with Gasteiger partial charge in [0.2, 0.25) is 0 Å². The number of hydrogen-bond acceptors (Lipinski definition) is 5. The summed E-state index contributed by atoms with van der Waals surface area (Å²) >= 11 is 11.8. The van der Waals surface area contributed by atoms with Gasteiger partial charge in [0.15, 0.2) is 0 Å². The molecule has 0 unspecified atom stereocenters. The summed E-state index contributed by atoms with van der Waals surface area (Å²) in [7, 11) is 0. The number of hydrogen-bond donors (Lipinski definition) is 2. The van der Waals surface area contributed by atoms with Gasteiger partial charge in [0.25, 0.3) is 0 Å². The molecule has 0 fully saturated rings. The molecule has 2 N–H and O–H groups in total. The van der Waals surface area contributed by atoms with Crippen molar-refractivity contribution in [3.8, 4) is 5.75 Å². The molecule has 0 spiro atoms. The van der Waals surface area contributed by atoms with Crippen molar-refractivity contribution in [2.24, 2.45) is 5.10 Å². The van der Waals surface area contributed by atoms with Crippen LogP contribution in [0.3, 0.4) is 0 Å². The smallest absolute Gasteiger partial charge is 0.343 e. The highest BCUT2D eigenvalue weighted by molar-refractivity contribution is 6.40.